The maximum absolute atomic E-state index is 12.6. The number of benzene rings is 1. The summed E-state index contributed by atoms with van der Waals surface area (Å²) in [7, 11) is 0. The van der Waals surface area contributed by atoms with E-state index in [1.54, 1.807) is 0 Å². The van der Waals surface area contributed by atoms with Crippen molar-refractivity contribution in [1.29, 1.82) is 0 Å². The monoisotopic (exact) mass is 340 g/mol. The van der Waals surface area contributed by atoms with Crippen LogP contribution in [-0.2, 0) is 4.79 Å². The second kappa shape index (κ2) is 8.18. The van der Waals surface area contributed by atoms with Crippen molar-refractivity contribution in [1.82, 2.24) is 9.80 Å². The van der Waals surface area contributed by atoms with Crippen LogP contribution in [0.5, 0.6) is 0 Å². The van der Waals surface area contributed by atoms with Crippen LogP contribution in [0.15, 0.2) is 30.3 Å². The first-order chi connectivity index (χ1) is 12.0. The number of nitrogens with zero attached hydrogens (tertiary/aromatic N) is 2. The lowest BCUT2D eigenvalue weighted by molar-refractivity contribution is -0.133. The summed E-state index contributed by atoms with van der Waals surface area (Å²) in [6.07, 6.45) is 6.73. The topological polar surface area (TPSA) is 23.6 Å². The normalized spacial score (nSPS) is 25.8. The first kappa shape index (κ1) is 18.2. The van der Waals surface area contributed by atoms with E-state index in [2.05, 4.69) is 67.0 Å². The number of carbonyl (C=O) groups excluding carboxylic acids is 1. The second-order valence-corrected chi connectivity index (χ2v) is 8.14. The highest BCUT2D eigenvalue weighted by molar-refractivity contribution is 5.78. The van der Waals surface area contributed by atoms with Crippen molar-refractivity contribution in [2.24, 2.45) is 17.8 Å². The SMILES string of the molecule is Cc1ccc(/C=C/C2CCN(C(=O)CN3CC(C)C(C)C3)CC2)cc1. The minimum absolute atomic E-state index is 0.322. The molecule has 0 radical (unpaired) electrons. The highest BCUT2D eigenvalue weighted by Crippen LogP contribution is 2.23. The number of allylic oxidation sites excluding steroid dienone is 1. The molecule has 2 saturated heterocycles. The minimum Gasteiger partial charge on any atom is -0.342 e. The van der Waals surface area contributed by atoms with Crippen molar-refractivity contribution in [2.45, 2.75) is 33.6 Å². The zero-order valence-electron chi connectivity index (χ0n) is 15.9. The van der Waals surface area contributed by atoms with Gasteiger partial charge in [0.1, 0.15) is 0 Å². The van der Waals surface area contributed by atoms with Gasteiger partial charge < -0.3 is 4.90 Å². The summed E-state index contributed by atoms with van der Waals surface area (Å²) in [5.74, 6) is 2.34. The summed E-state index contributed by atoms with van der Waals surface area (Å²) >= 11 is 0. The largest absolute Gasteiger partial charge is 0.342 e. The Bertz CT molecular complexity index is 589. The Hall–Kier alpha value is -1.61. The molecule has 2 fully saturated rings. The number of hydrogen-bond acceptors (Lipinski definition) is 2. The molecular weight excluding hydrogens is 308 g/mol. The van der Waals surface area contributed by atoms with Crippen LogP contribution < -0.4 is 0 Å². The van der Waals surface area contributed by atoms with E-state index in [0.29, 0.717) is 30.2 Å². The molecule has 0 N–H and O–H groups in total. The summed E-state index contributed by atoms with van der Waals surface area (Å²) in [6.45, 7) is 11.3. The fourth-order valence-electron chi connectivity index (χ4n) is 3.94. The Labute approximate surface area is 152 Å². The zero-order valence-corrected chi connectivity index (χ0v) is 15.9. The maximum atomic E-state index is 12.6. The highest BCUT2D eigenvalue weighted by Gasteiger charge is 2.29. The number of hydrogen-bond donors (Lipinski definition) is 0. The molecule has 1 aromatic rings. The molecule has 136 valence electrons. The van der Waals surface area contributed by atoms with E-state index >= 15 is 0 Å². The van der Waals surface area contributed by atoms with E-state index in [9.17, 15) is 4.79 Å². The summed E-state index contributed by atoms with van der Waals surface area (Å²) < 4.78 is 0. The Morgan fingerprint density at radius 2 is 1.68 bits per heavy atom. The molecule has 0 aliphatic carbocycles. The molecule has 0 bridgehead atoms. The van der Waals surface area contributed by atoms with Crippen molar-refractivity contribution in [3.63, 3.8) is 0 Å². The van der Waals surface area contributed by atoms with Gasteiger partial charge in [-0.3, -0.25) is 9.69 Å². The van der Waals surface area contributed by atoms with E-state index in [0.717, 1.165) is 39.0 Å². The first-order valence-electron chi connectivity index (χ1n) is 9.76. The molecule has 3 rings (SSSR count). The predicted octanol–water partition coefficient (Wildman–Crippen LogP) is 3.83. The molecule has 0 saturated carbocycles. The molecule has 2 unspecified atom stereocenters. The molecule has 2 atom stereocenters. The van der Waals surface area contributed by atoms with E-state index < -0.39 is 0 Å². The zero-order chi connectivity index (χ0) is 17.8. The second-order valence-electron chi connectivity index (χ2n) is 8.14. The molecule has 1 aromatic carbocycles. The maximum Gasteiger partial charge on any atom is 0.236 e. The van der Waals surface area contributed by atoms with E-state index in [-0.39, 0.29) is 0 Å². The third-order valence-corrected chi connectivity index (χ3v) is 5.95. The van der Waals surface area contributed by atoms with Crippen LogP contribution in [0.1, 0.15) is 37.8 Å². The van der Waals surface area contributed by atoms with Crippen molar-refractivity contribution < 1.29 is 4.79 Å². The van der Waals surface area contributed by atoms with Crippen LogP contribution in [0.25, 0.3) is 6.08 Å². The molecular formula is C22H32N2O. The smallest absolute Gasteiger partial charge is 0.236 e. The van der Waals surface area contributed by atoms with Crippen molar-refractivity contribution >= 4 is 12.0 Å². The van der Waals surface area contributed by atoms with Gasteiger partial charge in [0.05, 0.1) is 6.54 Å². The van der Waals surface area contributed by atoms with Crippen LogP contribution >= 0.6 is 0 Å². The third-order valence-electron chi connectivity index (χ3n) is 5.95. The number of piperidine rings is 1. The summed E-state index contributed by atoms with van der Waals surface area (Å²) in [5, 5.41) is 0. The average Bonchev–Trinajstić information content (AvgIpc) is 2.92. The molecule has 1 amide bonds. The van der Waals surface area contributed by atoms with Crippen LogP contribution in [0.3, 0.4) is 0 Å². The third kappa shape index (κ3) is 4.94. The van der Waals surface area contributed by atoms with Crippen molar-refractivity contribution in [3.05, 3.63) is 41.5 Å². The fraction of sp³-hybridized carbons (Fsp3) is 0.591. The molecule has 3 nitrogen and oxygen atoms in total. The first-order valence-corrected chi connectivity index (χ1v) is 9.76. The molecule has 2 heterocycles. The van der Waals surface area contributed by atoms with Gasteiger partial charge in [-0.2, -0.15) is 0 Å². The van der Waals surface area contributed by atoms with Gasteiger partial charge >= 0.3 is 0 Å². The van der Waals surface area contributed by atoms with Crippen molar-refractivity contribution in [3.8, 4) is 0 Å². The van der Waals surface area contributed by atoms with Gasteiger partial charge in [-0.05, 0) is 43.1 Å². The predicted molar refractivity (Wildman–Crippen MR) is 104 cm³/mol. The van der Waals surface area contributed by atoms with E-state index in [1.165, 1.54) is 11.1 Å². The quantitative estimate of drug-likeness (QED) is 0.831. The van der Waals surface area contributed by atoms with Gasteiger partial charge in [0, 0.05) is 26.2 Å². The van der Waals surface area contributed by atoms with Gasteiger partial charge in [0.2, 0.25) is 5.91 Å². The van der Waals surface area contributed by atoms with E-state index in [4.69, 9.17) is 0 Å². The van der Waals surface area contributed by atoms with Crippen LogP contribution in [0.4, 0.5) is 0 Å². The Balaban J connectivity index is 1.43. The lowest BCUT2D eigenvalue weighted by atomic mass is 9.95. The highest BCUT2D eigenvalue weighted by atomic mass is 16.2. The number of rotatable bonds is 4. The van der Waals surface area contributed by atoms with Gasteiger partial charge in [-0.1, -0.05) is 55.8 Å². The summed E-state index contributed by atoms with van der Waals surface area (Å²) in [5.41, 5.74) is 2.56. The fourth-order valence-corrected chi connectivity index (χ4v) is 3.94. The summed E-state index contributed by atoms with van der Waals surface area (Å²) in [6, 6.07) is 8.65. The Morgan fingerprint density at radius 3 is 2.28 bits per heavy atom. The number of likely N-dealkylation sites (tertiary alicyclic amines) is 2. The van der Waals surface area contributed by atoms with Crippen molar-refractivity contribution in [2.75, 3.05) is 32.7 Å². The number of carbonyl (C=O) groups is 1. The lowest BCUT2D eigenvalue weighted by Gasteiger charge is -2.32. The lowest BCUT2D eigenvalue weighted by Crippen LogP contribution is -2.43. The molecule has 2 aliphatic heterocycles. The Kier molecular flexibility index (Phi) is 5.95. The summed E-state index contributed by atoms with van der Waals surface area (Å²) in [4.78, 5) is 17.0. The molecule has 0 spiro atoms. The molecule has 0 aromatic heterocycles. The van der Waals surface area contributed by atoms with Crippen LogP contribution in [0, 0.1) is 24.7 Å². The Morgan fingerprint density at radius 1 is 1.08 bits per heavy atom. The van der Waals surface area contributed by atoms with Gasteiger partial charge in [-0.25, -0.2) is 0 Å². The molecule has 2 aliphatic rings. The van der Waals surface area contributed by atoms with Crippen LogP contribution in [0.2, 0.25) is 0 Å². The van der Waals surface area contributed by atoms with Crippen LogP contribution in [-0.4, -0.2) is 48.4 Å². The van der Waals surface area contributed by atoms with Gasteiger partial charge in [0.25, 0.3) is 0 Å². The average molecular weight is 341 g/mol. The standard InChI is InChI=1S/C22H32N2O/c1-17-4-6-20(7-5-17)8-9-21-10-12-24(13-11-21)22(25)16-23-14-18(2)19(3)15-23/h4-9,18-19,21H,10-16H2,1-3H3/b9-8+. The minimum atomic E-state index is 0.322. The van der Waals surface area contributed by atoms with Gasteiger partial charge in [-0.15, -0.1) is 0 Å². The van der Waals surface area contributed by atoms with Gasteiger partial charge in [0.15, 0.2) is 0 Å². The molecule has 3 heteroatoms. The number of amides is 1. The number of aryl methyl sites for hydroxylation is 1. The molecule has 25 heavy (non-hydrogen) atoms. The van der Waals surface area contributed by atoms with E-state index in [1.807, 2.05) is 0 Å².